The zero-order valence-corrected chi connectivity index (χ0v) is 13.8. The van der Waals surface area contributed by atoms with E-state index in [2.05, 4.69) is 15.5 Å². The summed E-state index contributed by atoms with van der Waals surface area (Å²) >= 11 is 0. The maximum absolute atomic E-state index is 14.4. The normalized spacial score (nSPS) is 14.2. The first-order valence-electron chi connectivity index (χ1n) is 8.00. The van der Waals surface area contributed by atoms with Crippen LogP contribution < -0.4 is 10.3 Å². The van der Waals surface area contributed by atoms with Gasteiger partial charge in [-0.05, 0) is 43.5 Å². The fourth-order valence-electron chi connectivity index (χ4n) is 2.81. The fraction of sp³-hybridized carbons (Fsp3) is 0.294. The van der Waals surface area contributed by atoms with Crippen LogP contribution in [0.2, 0.25) is 0 Å². The zero-order chi connectivity index (χ0) is 17.8. The number of hydrazone groups is 1. The van der Waals surface area contributed by atoms with E-state index >= 15 is 0 Å². The molecule has 2 aromatic rings. The number of benzene rings is 1. The topological polar surface area (TPSA) is 83.7 Å². The van der Waals surface area contributed by atoms with Crippen LogP contribution in [0.15, 0.2) is 35.6 Å². The molecule has 1 aromatic carbocycles. The van der Waals surface area contributed by atoms with Crippen molar-refractivity contribution in [2.75, 3.05) is 23.4 Å². The molecule has 0 aliphatic carbocycles. The molecule has 1 N–H and O–H groups in total. The number of nitro groups is 1. The molecule has 25 heavy (non-hydrogen) atoms. The number of nitrogens with zero attached hydrogens (tertiary/aromatic N) is 4. The van der Waals surface area contributed by atoms with Gasteiger partial charge < -0.3 is 4.90 Å². The molecule has 1 fully saturated rings. The molecule has 130 valence electrons. The van der Waals surface area contributed by atoms with E-state index in [0.29, 0.717) is 11.3 Å². The van der Waals surface area contributed by atoms with Gasteiger partial charge in [-0.25, -0.2) is 9.37 Å². The van der Waals surface area contributed by atoms with Gasteiger partial charge >= 0.3 is 5.69 Å². The first-order valence-corrected chi connectivity index (χ1v) is 8.00. The van der Waals surface area contributed by atoms with Gasteiger partial charge in [0.25, 0.3) is 0 Å². The summed E-state index contributed by atoms with van der Waals surface area (Å²) in [5, 5.41) is 14.9. The van der Waals surface area contributed by atoms with Crippen molar-refractivity contribution in [1.82, 2.24) is 4.98 Å². The Kier molecular flexibility index (Phi) is 4.87. The maximum Gasteiger partial charge on any atom is 0.313 e. The third kappa shape index (κ3) is 3.73. The van der Waals surface area contributed by atoms with Gasteiger partial charge in [-0.1, -0.05) is 0 Å². The molecule has 1 aliphatic rings. The third-order valence-corrected chi connectivity index (χ3v) is 4.14. The van der Waals surface area contributed by atoms with Crippen LogP contribution in [0.4, 0.5) is 21.6 Å². The van der Waals surface area contributed by atoms with E-state index in [4.69, 9.17) is 0 Å². The summed E-state index contributed by atoms with van der Waals surface area (Å²) in [5.41, 5.74) is 4.46. The van der Waals surface area contributed by atoms with E-state index in [1.54, 1.807) is 0 Å². The molecule has 3 rings (SSSR count). The van der Waals surface area contributed by atoms with Crippen LogP contribution in [0.25, 0.3) is 0 Å². The van der Waals surface area contributed by atoms with Crippen molar-refractivity contribution in [2.24, 2.45) is 5.10 Å². The van der Waals surface area contributed by atoms with E-state index in [9.17, 15) is 14.5 Å². The van der Waals surface area contributed by atoms with Crippen molar-refractivity contribution in [1.29, 1.82) is 0 Å². The lowest BCUT2D eigenvalue weighted by Gasteiger charge is -2.19. The minimum Gasteiger partial charge on any atom is -0.369 e. The molecular weight excluding hydrogens is 325 g/mol. The second kappa shape index (κ2) is 7.25. The Hall–Kier alpha value is -3.03. The highest BCUT2D eigenvalue weighted by Crippen LogP contribution is 2.26. The van der Waals surface area contributed by atoms with Crippen molar-refractivity contribution < 1.29 is 9.31 Å². The molecule has 0 spiro atoms. The SMILES string of the molecule is Cc1cc(N2CCCC2)c(F)cc1C=NNc1ncccc1[N+](=O)[O-]. The molecule has 8 heteroatoms. The Bertz CT molecular complexity index is 819. The summed E-state index contributed by atoms with van der Waals surface area (Å²) in [7, 11) is 0. The number of aromatic nitrogens is 1. The van der Waals surface area contributed by atoms with Crippen LogP contribution in [-0.2, 0) is 0 Å². The van der Waals surface area contributed by atoms with E-state index < -0.39 is 4.92 Å². The summed E-state index contributed by atoms with van der Waals surface area (Å²) in [4.78, 5) is 16.3. The first kappa shape index (κ1) is 16.8. The molecule has 0 bridgehead atoms. The summed E-state index contributed by atoms with van der Waals surface area (Å²) in [6, 6.07) is 6.05. The molecule has 0 atom stereocenters. The quantitative estimate of drug-likeness (QED) is 0.510. The van der Waals surface area contributed by atoms with Gasteiger partial charge in [0.2, 0.25) is 5.82 Å². The highest BCUT2D eigenvalue weighted by atomic mass is 19.1. The number of hydrogen-bond donors (Lipinski definition) is 1. The van der Waals surface area contributed by atoms with Gasteiger partial charge in [-0.15, -0.1) is 0 Å². The van der Waals surface area contributed by atoms with Crippen LogP contribution >= 0.6 is 0 Å². The van der Waals surface area contributed by atoms with E-state index in [1.807, 2.05) is 17.9 Å². The number of pyridine rings is 1. The number of hydrogen-bond acceptors (Lipinski definition) is 6. The van der Waals surface area contributed by atoms with E-state index in [1.165, 1.54) is 30.6 Å². The zero-order valence-electron chi connectivity index (χ0n) is 13.8. The number of halogens is 1. The molecule has 1 aromatic heterocycles. The Morgan fingerprint density at radius 1 is 1.40 bits per heavy atom. The molecule has 0 unspecified atom stereocenters. The summed E-state index contributed by atoms with van der Waals surface area (Å²) in [6.07, 6.45) is 5.02. The molecular formula is C17H18FN5O2. The second-order valence-electron chi connectivity index (χ2n) is 5.85. The lowest BCUT2D eigenvalue weighted by Crippen LogP contribution is -2.19. The van der Waals surface area contributed by atoms with Crippen LogP contribution in [-0.4, -0.2) is 29.2 Å². The monoisotopic (exact) mass is 343 g/mol. The van der Waals surface area contributed by atoms with E-state index in [0.717, 1.165) is 31.5 Å². The smallest absolute Gasteiger partial charge is 0.313 e. The molecule has 0 radical (unpaired) electrons. The summed E-state index contributed by atoms with van der Waals surface area (Å²) in [5.74, 6) is -0.256. The van der Waals surface area contributed by atoms with Gasteiger partial charge in [0.15, 0.2) is 0 Å². The summed E-state index contributed by atoms with van der Waals surface area (Å²) < 4.78 is 14.4. The Balaban J connectivity index is 1.78. The van der Waals surface area contributed by atoms with Crippen LogP contribution in [0.3, 0.4) is 0 Å². The van der Waals surface area contributed by atoms with Crippen LogP contribution in [0.1, 0.15) is 24.0 Å². The summed E-state index contributed by atoms with van der Waals surface area (Å²) in [6.45, 7) is 3.62. The predicted octanol–water partition coefficient (Wildman–Crippen LogP) is 3.48. The Morgan fingerprint density at radius 3 is 2.88 bits per heavy atom. The minimum atomic E-state index is -0.541. The van der Waals surface area contributed by atoms with Gasteiger partial charge in [-0.2, -0.15) is 5.10 Å². The number of rotatable bonds is 5. The van der Waals surface area contributed by atoms with Crippen molar-refractivity contribution in [2.45, 2.75) is 19.8 Å². The maximum atomic E-state index is 14.4. The standard InChI is InChI=1S/C17H18FN5O2/c1-12-9-16(22-7-2-3-8-22)14(18)10-13(12)11-20-21-17-15(23(24)25)5-4-6-19-17/h4-6,9-11H,2-3,7-8H2,1H3,(H,19,21). The minimum absolute atomic E-state index is 0.0376. The average molecular weight is 343 g/mol. The van der Waals surface area contributed by atoms with Crippen LogP contribution in [0.5, 0.6) is 0 Å². The lowest BCUT2D eigenvalue weighted by atomic mass is 10.1. The van der Waals surface area contributed by atoms with Crippen molar-refractivity contribution in [3.63, 3.8) is 0 Å². The lowest BCUT2D eigenvalue weighted by molar-refractivity contribution is -0.384. The Morgan fingerprint density at radius 2 is 2.16 bits per heavy atom. The van der Waals surface area contributed by atoms with Gasteiger partial charge in [-0.3, -0.25) is 15.5 Å². The average Bonchev–Trinajstić information content (AvgIpc) is 3.12. The fourth-order valence-corrected chi connectivity index (χ4v) is 2.81. The molecule has 1 aliphatic heterocycles. The van der Waals surface area contributed by atoms with E-state index in [-0.39, 0.29) is 17.3 Å². The number of nitrogens with one attached hydrogen (secondary N) is 1. The molecule has 1 saturated heterocycles. The second-order valence-corrected chi connectivity index (χ2v) is 5.85. The molecule has 0 amide bonds. The molecule has 7 nitrogen and oxygen atoms in total. The highest BCUT2D eigenvalue weighted by molar-refractivity contribution is 5.83. The Labute approximate surface area is 144 Å². The van der Waals surface area contributed by atoms with Crippen LogP contribution in [0, 0.1) is 22.9 Å². The van der Waals surface area contributed by atoms with Crippen molar-refractivity contribution in [3.05, 3.63) is 57.5 Å². The highest BCUT2D eigenvalue weighted by Gasteiger charge is 2.17. The molecule has 0 saturated carbocycles. The first-order chi connectivity index (χ1) is 12.1. The number of anilines is 2. The predicted molar refractivity (Wildman–Crippen MR) is 94.7 cm³/mol. The van der Waals surface area contributed by atoms with Gasteiger partial charge in [0.1, 0.15) is 5.82 Å². The molecule has 2 heterocycles. The number of aryl methyl sites for hydroxylation is 1. The van der Waals surface area contributed by atoms with Gasteiger partial charge in [0.05, 0.1) is 16.8 Å². The third-order valence-electron chi connectivity index (χ3n) is 4.14. The largest absolute Gasteiger partial charge is 0.369 e. The van der Waals surface area contributed by atoms with Crippen molar-refractivity contribution >= 4 is 23.4 Å². The van der Waals surface area contributed by atoms with Gasteiger partial charge in [0, 0.05) is 30.9 Å². The van der Waals surface area contributed by atoms with Crippen molar-refractivity contribution in [3.8, 4) is 0 Å².